The van der Waals surface area contributed by atoms with Crippen LogP contribution in [0.5, 0.6) is 0 Å². The van der Waals surface area contributed by atoms with Gasteiger partial charge in [0, 0.05) is 6.04 Å². The third-order valence-electron chi connectivity index (χ3n) is 3.48. The fourth-order valence-corrected chi connectivity index (χ4v) is 2.77. The van der Waals surface area contributed by atoms with Crippen molar-refractivity contribution in [2.45, 2.75) is 18.9 Å². The van der Waals surface area contributed by atoms with Crippen molar-refractivity contribution in [3.05, 3.63) is 34.1 Å². The number of rotatable bonds is 5. The van der Waals surface area contributed by atoms with Crippen LogP contribution in [0.25, 0.3) is 0 Å². The number of hydrogen-bond donors (Lipinski definition) is 2. The fraction of sp³-hybridized carbons (Fsp3) is 0.429. The van der Waals surface area contributed by atoms with Crippen molar-refractivity contribution in [1.29, 1.82) is 0 Å². The van der Waals surface area contributed by atoms with Crippen molar-refractivity contribution >= 4 is 27.8 Å². The third kappa shape index (κ3) is 4.25. The molecule has 1 heterocycles. The van der Waals surface area contributed by atoms with Crippen LogP contribution in [0.2, 0.25) is 0 Å². The predicted octanol–water partition coefficient (Wildman–Crippen LogP) is 1.93. The first-order valence-electron chi connectivity index (χ1n) is 6.65. The van der Waals surface area contributed by atoms with Gasteiger partial charge in [-0.15, -0.1) is 0 Å². The number of carboxylic acids is 1. The zero-order valence-corrected chi connectivity index (χ0v) is 12.9. The molecule has 114 valence electrons. The monoisotopic (exact) mass is 358 g/mol. The second kappa shape index (κ2) is 7.00. The average molecular weight is 359 g/mol. The minimum atomic E-state index is -1.07. The Labute approximate surface area is 130 Å². The van der Waals surface area contributed by atoms with Crippen molar-refractivity contribution in [2.24, 2.45) is 0 Å². The second-order valence-electron chi connectivity index (χ2n) is 4.97. The first-order chi connectivity index (χ1) is 9.97. The van der Waals surface area contributed by atoms with Crippen molar-refractivity contribution in [1.82, 2.24) is 10.2 Å². The topological polar surface area (TPSA) is 69.6 Å². The molecule has 0 aliphatic carbocycles. The quantitative estimate of drug-likeness (QED) is 0.843. The summed E-state index contributed by atoms with van der Waals surface area (Å²) in [6.45, 7) is 0.475. The molecule has 21 heavy (non-hydrogen) atoms. The van der Waals surface area contributed by atoms with Gasteiger partial charge in [-0.25, -0.2) is 4.39 Å². The Balaban J connectivity index is 2.01. The first-order valence-corrected chi connectivity index (χ1v) is 7.44. The number of carboxylic acid groups (broad SMARTS) is 1. The first kappa shape index (κ1) is 15.9. The largest absolute Gasteiger partial charge is 0.480 e. The number of likely N-dealkylation sites (tertiary alicyclic amines) is 1. The van der Waals surface area contributed by atoms with Crippen LogP contribution in [0, 0.1) is 5.82 Å². The molecular weight excluding hydrogens is 343 g/mol. The minimum absolute atomic E-state index is 0.0109. The Morgan fingerprint density at radius 3 is 2.90 bits per heavy atom. The maximum Gasteiger partial charge on any atom is 0.322 e. The maximum absolute atomic E-state index is 13.6. The van der Waals surface area contributed by atoms with Gasteiger partial charge >= 0.3 is 5.97 Å². The molecule has 1 aromatic carbocycles. The maximum atomic E-state index is 13.6. The highest BCUT2D eigenvalue weighted by atomic mass is 79.9. The summed E-state index contributed by atoms with van der Waals surface area (Å²) in [5.74, 6) is -1.73. The van der Waals surface area contributed by atoms with E-state index in [1.165, 1.54) is 6.07 Å². The van der Waals surface area contributed by atoms with E-state index in [1.54, 1.807) is 6.07 Å². The van der Waals surface area contributed by atoms with Gasteiger partial charge in [-0.2, -0.15) is 0 Å². The molecule has 0 spiro atoms. The SMILES string of the molecule is O=C(O)CNC(=O)CN1CCCC1c1ccc(Br)c(F)c1. The van der Waals surface area contributed by atoms with Crippen LogP contribution in [0.15, 0.2) is 22.7 Å². The summed E-state index contributed by atoms with van der Waals surface area (Å²) in [4.78, 5) is 24.1. The number of nitrogens with zero attached hydrogens (tertiary/aromatic N) is 1. The van der Waals surface area contributed by atoms with Crippen LogP contribution in [0.1, 0.15) is 24.4 Å². The molecule has 1 aliphatic rings. The number of carbonyl (C=O) groups is 2. The summed E-state index contributed by atoms with van der Waals surface area (Å²) in [5, 5.41) is 10.9. The van der Waals surface area contributed by atoms with Crippen molar-refractivity contribution in [2.75, 3.05) is 19.6 Å². The fourth-order valence-electron chi connectivity index (χ4n) is 2.53. The summed E-state index contributed by atoms with van der Waals surface area (Å²) >= 11 is 3.12. The van der Waals surface area contributed by atoms with E-state index >= 15 is 0 Å². The van der Waals surface area contributed by atoms with E-state index in [0.29, 0.717) is 4.47 Å². The Morgan fingerprint density at radius 1 is 1.48 bits per heavy atom. The molecule has 1 amide bonds. The molecule has 1 saturated heterocycles. The third-order valence-corrected chi connectivity index (χ3v) is 4.12. The molecule has 2 rings (SSSR count). The Kier molecular flexibility index (Phi) is 5.30. The Bertz CT molecular complexity index is 553. The number of nitrogens with one attached hydrogen (secondary N) is 1. The van der Waals surface area contributed by atoms with Crippen LogP contribution >= 0.6 is 15.9 Å². The molecule has 1 aliphatic heterocycles. The van der Waals surface area contributed by atoms with Crippen LogP contribution in [0.4, 0.5) is 4.39 Å². The lowest BCUT2D eigenvalue weighted by Gasteiger charge is -2.24. The van der Waals surface area contributed by atoms with E-state index in [9.17, 15) is 14.0 Å². The van der Waals surface area contributed by atoms with Gasteiger partial charge in [0.25, 0.3) is 0 Å². The summed E-state index contributed by atoms with van der Waals surface area (Å²) in [7, 11) is 0. The van der Waals surface area contributed by atoms with Gasteiger partial charge < -0.3 is 10.4 Å². The van der Waals surface area contributed by atoms with Crippen LogP contribution in [-0.4, -0.2) is 41.5 Å². The van der Waals surface area contributed by atoms with Crippen LogP contribution in [-0.2, 0) is 9.59 Å². The Hall–Kier alpha value is -1.47. The smallest absolute Gasteiger partial charge is 0.322 e. The molecule has 0 saturated carbocycles. The zero-order chi connectivity index (χ0) is 15.4. The van der Waals surface area contributed by atoms with E-state index in [1.807, 2.05) is 11.0 Å². The molecule has 0 radical (unpaired) electrons. The number of aliphatic carboxylic acids is 1. The normalized spacial score (nSPS) is 18.7. The Morgan fingerprint density at radius 2 is 2.24 bits per heavy atom. The lowest BCUT2D eigenvalue weighted by atomic mass is 10.0. The molecule has 2 N–H and O–H groups in total. The van der Waals surface area contributed by atoms with E-state index < -0.39 is 5.97 Å². The highest BCUT2D eigenvalue weighted by molar-refractivity contribution is 9.10. The number of carbonyl (C=O) groups excluding carboxylic acids is 1. The number of hydrogen-bond acceptors (Lipinski definition) is 3. The van der Waals surface area contributed by atoms with Crippen molar-refractivity contribution in [3.63, 3.8) is 0 Å². The van der Waals surface area contributed by atoms with E-state index in [2.05, 4.69) is 21.2 Å². The second-order valence-corrected chi connectivity index (χ2v) is 5.83. The number of benzene rings is 1. The average Bonchev–Trinajstić information content (AvgIpc) is 2.87. The van der Waals surface area contributed by atoms with Gasteiger partial charge in [-0.1, -0.05) is 6.07 Å². The summed E-state index contributed by atoms with van der Waals surface area (Å²) in [6, 6.07) is 4.96. The zero-order valence-electron chi connectivity index (χ0n) is 11.3. The standard InChI is InChI=1S/C14H16BrFN2O3/c15-10-4-3-9(6-11(10)16)12-2-1-5-18(12)8-13(19)17-7-14(20)21/h3-4,6,12H,1-2,5,7-8H2,(H,17,19)(H,20,21). The predicted molar refractivity (Wildman–Crippen MR) is 78.3 cm³/mol. The molecular formula is C14H16BrFN2O3. The van der Waals surface area contributed by atoms with Gasteiger partial charge in [-0.3, -0.25) is 14.5 Å². The highest BCUT2D eigenvalue weighted by Gasteiger charge is 2.28. The summed E-state index contributed by atoms with van der Waals surface area (Å²) < 4.78 is 14.0. The van der Waals surface area contributed by atoms with Crippen molar-refractivity contribution < 1.29 is 19.1 Å². The molecule has 1 atom stereocenters. The molecule has 7 heteroatoms. The van der Waals surface area contributed by atoms with E-state index in [0.717, 1.165) is 24.9 Å². The summed E-state index contributed by atoms with van der Waals surface area (Å²) in [5.41, 5.74) is 0.833. The van der Waals surface area contributed by atoms with Gasteiger partial charge in [-0.05, 0) is 53.0 Å². The van der Waals surface area contributed by atoms with Crippen LogP contribution in [0.3, 0.4) is 0 Å². The summed E-state index contributed by atoms with van der Waals surface area (Å²) in [6.07, 6.45) is 1.78. The highest BCUT2D eigenvalue weighted by Crippen LogP contribution is 2.32. The van der Waals surface area contributed by atoms with Gasteiger partial charge in [0.15, 0.2) is 0 Å². The lowest BCUT2D eigenvalue weighted by Crippen LogP contribution is -2.39. The lowest BCUT2D eigenvalue weighted by molar-refractivity contribution is -0.138. The van der Waals surface area contributed by atoms with E-state index in [-0.39, 0.29) is 30.9 Å². The molecule has 1 unspecified atom stereocenters. The minimum Gasteiger partial charge on any atom is -0.480 e. The number of halogens is 2. The van der Waals surface area contributed by atoms with Gasteiger partial charge in [0.2, 0.25) is 5.91 Å². The van der Waals surface area contributed by atoms with Gasteiger partial charge in [0.05, 0.1) is 11.0 Å². The van der Waals surface area contributed by atoms with Gasteiger partial charge in [0.1, 0.15) is 12.4 Å². The molecule has 5 nitrogen and oxygen atoms in total. The molecule has 1 fully saturated rings. The molecule has 0 bridgehead atoms. The van der Waals surface area contributed by atoms with Crippen molar-refractivity contribution in [3.8, 4) is 0 Å². The van der Waals surface area contributed by atoms with Crippen LogP contribution < -0.4 is 5.32 Å². The molecule has 1 aromatic rings. The van der Waals surface area contributed by atoms with E-state index in [4.69, 9.17) is 5.11 Å². The number of amides is 1. The molecule has 0 aromatic heterocycles.